The van der Waals surface area contributed by atoms with Gasteiger partial charge in [-0.15, -0.1) is 0 Å². The Labute approximate surface area is 303 Å². The second-order valence-corrected chi connectivity index (χ2v) is 13.4. The van der Waals surface area contributed by atoms with Crippen molar-refractivity contribution in [2.45, 2.75) is 0 Å². The van der Waals surface area contributed by atoms with Gasteiger partial charge in [0.25, 0.3) is 0 Å². The molecule has 0 unspecified atom stereocenters. The maximum Gasteiger partial charge on any atom is 0.0547 e. The van der Waals surface area contributed by atoms with E-state index in [0.29, 0.717) is 0 Å². The molecule has 0 aliphatic heterocycles. The Hall–Kier alpha value is -6.90. The Morgan fingerprint density at radius 3 is 1.13 bits per heavy atom. The van der Waals surface area contributed by atoms with Crippen LogP contribution in [0.5, 0.6) is 0 Å². The van der Waals surface area contributed by atoms with Gasteiger partial charge in [0.05, 0.1) is 11.0 Å². The fourth-order valence-electron chi connectivity index (χ4n) is 7.84. The average Bonchev–Trinajstić information content (AvgIpc) is 3.57. The minimum atomic E-state index is 1.10. The third-order valence-electron chi connectivity index (χ3n) is 10.4. The summed E-state index contributed by atoms with van der Waals surface area (Å²) >= 11 is 0. The Morgan fingerprint density at radius 2 is 0.673 bits per heavy atom. The van der Waals surface area contributed by atoms with Crippen molar-refractivity contribution in [2.24, 2.45) is 0 Å². The van der Waals surface area contributed by atoms with E-state index in [1.165, 1.54) is 66.0 Å². The van der Waals surface area contributed by atoms with Gasteiger partial charge in [0, 0.05) is 33.5 Å². The quantitative estimate of drug-likeness (QED) is 0.154. The van der Waals surface area contributed by atoms with Crippen molar-refractivity contribution in [3.8, 4) is 39.1 Å². The molecule has 0 aliphatic rings. The number of nitrogens with zero attached hydrogens (tertiary/aromatic N) is 2. The van der Waals surface area contributed by atoms with Gasteiger partial charge < -0.3 is 9.47 Å². The zero-order chi connectivity index (χ0) is 34.4. The minimum absolute atomic E-state index is 1.10. The lowest BCUT2D eigenvalue weighted by molar-refractivity contribution is 1.18. The van der Waals surface area contributed by atoms with E-state index in [1.54, 1.807) is 0 Å². The predicted octanol–water partition coefficient (Wildman–Crippen LogP) is 13.8. The van der Waals surface area contributed by atoms with Gasteiger partial charge in [0.1, 0.15) is 0 Å². The van der Waals surface area contributed by atoms with E-state index in [0.717, 1.165) is 22.7 Å². The smallest absolute Gasteiger partial charge is 0.0547 e. The van der Waals surface area contributed by atoms with Gasteiger partial charge in [-0.2, -0.15) is 0 Å². The summed E-state index contributed by atoms with van der Waals surface area (Å²) in [6.45, 7) is 0. The minimum Gasteiger partial charge on any atom is -0.311 e. The van der Waals surface area contributed by atoms with Crippen molar-refractivity contribution in [3.05, 3.63) is 206 Å². The Morgan fingerprint density at radius 1 is 0.288 bits per heavy atom. The second-order valence-electron chi connectivity index (χ2n) is 13.4. The molecular weight excluding hydrogens is 629 g/mol. The van der Waals surface area contributed by atoms with Crippen LogP contribution < -0.4 is 4.90 Å². The molecule has 0 saturated heterocycles. The summed E-state index contributed by atoms with van der Waals surface area (Å²) < 4.78 is 2.42. The van der Waals surface area contributed by atoms with E-state index in [-0.39, 0.29) is 0 Å². The first-order valence-electron chi connectivity index (χ1n) is 17.8. The standard InChI is InChI=1S/C50H34N2/c1-3-10-35(11-4-1)37-22-28-43(29-23-37)51(44-30-24-38(25-31-44)36-12-5-2-6-13-36)45-32-26-39(27-33-45)42-16-7-17-46(34-42)52-47-18-8-14-40-20-21-41-15-9-19-48(52)50(41)49(40)47/h1-34H. The molecule has 0 N–H and O–H groups in total. The van der Waals surface area contributed by atoms with Crippen molar-refractivity contribution in [2.75, 3.05) is 4.90 Å². The first-order valence-corrected chi connectivity index (χ1v) is 17.8. The molecule has 0 atom stereocenters. The van der Waals surface area contributed by atoms with Crippen LogP contribution in [-0.4, -0.2) is 4.57 Å². The zero-order valence-corrected chi connectivity index (χ0v) is 28.5. The number of anilines is 3. The molecule has 0 aliphatic carbocycles. The molecule has 52 heavy (non-hydrogen) atoms. The molecule has 0 bridgehead atoms. The molecule has 0 saturated carbocycles. The molecule has 0 amide bonds. The van der Waals surface area contributed by atoms with Crippen LogP contribution in [0.2, 0.25) is 0 Å². The van der Waals surface area contributed by atoms with Gasteiger partial charge in [0.2, 0.25) is 0 Å². The van der Waals surface area contributed by atoms with Crippen LogP contribution >= 0.6 is 0 Å². The van der Waals surface area contributed by atoms with Crippen molar-refractivity contribution in [3.63, 3.8) is 0 Å². The van der Waals surface area contributed by atoms with Crippen LogP contribution in [0.3, 0.4) is 0 Å². The first kappa shape index (κ1) is 30.0. The van der Waals surface area contributed by atoms with Crippen LogP contribution in [0.4, 0.5) is 17.1 Å². The monoisotopic (exact) mass is 662 g/mol. The van der Waals surface area contributed by atoms with Gasteiger partial charge in [-0.25, -0.2) is 0 Å². The van der Waals surface area contributed by atoms with Crippen LogP contribution in [0, 0.1) is 0 Å². The van der Waals surface area contributed by atoms with E-state index in [4.69, 9.17) is 0 Å². The third-order valence-corrected chi connectivity index (χ3v) is 10.4. The Bertz CT molecular complexity index is 2650. The van der Waals surface area contributed by atoms with Gasteiger partial charge >= 0.3 is 0 Å². The van der Waals surface area contributed by atoms with E-state index in [1.807, 2.05) is 0 Å². The third kappa shape index (κ3) is 5.12. The average molecular weight is 663 g/mol. The first-order chi connectivity index (χ1) is 25.8. The van der Waals surface area contributed by atoms with Crippen molar-refractivity contribution in [1.82, 2.24) is 4.57 Å². The number of benzene rings is 9. The maximum atomic E-state index is 2.42. The molecule has 1 aromatic heterocycles. The SMILES string of the molecule is c1ccc(-c2ccc(N(c3ccc(-c4ccccc4)cc3)c3ccc(-c4cccc(-n5c6cccc7ccc8cccc5c8c76)c4)cc3)cc2)cc1. The Kier molecular flexibility index (Phi) is 7.18. The molecule has 244 valence electrons. The van der Waals surface area contributed by atoms with E-state index >= 15 is 0 Å². The van der Waals surface area contributed by atoms with E-state index in [2.05, 4.69) is 216 Å². The molecule has 0 radical (unpaired) electrons. The van der Waals surface area contributed by atoms with Crippen molar-refractivity contribution < 1.29 is 0 Å². The molecule has 1 heterocycles. The second kappa shape index (κ2) is 12.5. The largest absolute Gasteiger partial charge is 0.311 e. The van der Waals surface area contributed by atoms with E-state index in [9.17, 15) is 0 Å². The highest BCUT2D eigenvalue weighted by atomic mass is 15.1. The highest BCUT2D eigenvalue weighted by molar-refractivity contribution is 6.24. The predicted molar refractivity (Wildman–Crippen MR) is 220 cm³/mol. The lowest BCUT2D eigenvalue weighted by Gasteiger charge is -2.26. The summed E-state index contributed by atoms with van der Waals surface area (Å²) in [4.78, 5) is 2.34. The van der Waals surface area contributed by atoms with Crippen molar-refractivity contribution >= 4 is 49.6 Å². The zero-order valence-electron chi connectivity index (χ0n) is 28.5. The lowest BCUT2D eigenvalue weighted by atomic mass is 10.0. The van der Waals surface area contributed by atoms with Crippen LogP contribution in [-0.2, 0) is 0 Å². The topological polar surface area (TPSA) is 8.17 Å². The maximum absolute atomic E-state index is 2.42. The van der Waals surface area contributed by atoms with Gasteiger partial charge in [-0.05, 0) is 105 Å². The molecule has 10 rings (SSSR count). The van der Waals surface area contributed by atoms with Crippen LogP contribution in [0.25, 0.3) is 71.6 Å². The molecule has 9 aromatic carbocycles. The molecule has 2 nitrogen and oxygen atoms in total. The normalized spacial score (nSPS) is 11.5. The van der Waals surface area contributed by atoms with Crippen LogP contribution in [0.15, 0.2) is 206 Å². The summed E-state index contributed by atoms with van der Waals surface area (Å²) in [7, 11) is 0. The molecule has 0 fully saturated rings. The number of hydrogen-bond donors (Lipinski definition) is 0. The molecule has 2 heteroatoms. The number of aromatic nitrogens is 1. The highest BCUT2D eigenvalue weighted by Crippen LogP contribution is 2.40. The fraction of sp³-hybridized carbons (Fsp3) is 0. The van der Waals surface area contributed by atoms with E-state index < -0.39 is 0 Å². The lowest BCUT2D eigenvalue weighted by Crippen LogP contribution is -2.09. The van der Waals surface area contributed by atoms with Gasteiger partial charge in [-0.1, -0.05) is 146 Å². The van der Waals surface area contributed by atoms with Crippen molar-refractivity contribution in [1.29, 1.82) is 0 Å². The van der Waals surface area contributed by atoms with Crippen LogP contribution in [0.1, 0.15) is 0 Å². The highest BCUT2D eigenvalue weighted by Gasteiger charge is 2.17. The molecular formula is C50H34N2. The summed E-state index contributed by atoms with van der Waals surface area (Å²) in [5, 5.41) is 5.22. The summed E-state index contributed by atoms with van der Waals surface area (Å²) in [6.07, 6.45) is 0. The number of rotatable bonds is 7. The van der Waals surface area contributed by atoms with Gasteiger partial charge in [-0.3, -0.25) is 0 Å². The Balaban J connectivity index is 1.03. The molecule has 0 spiro atoms. The van der Waals surface area contributed by atoms with Gasteiger partial charge in [0.15, 0.2) is 0 Å². The number of hydrogen-bond acceptors (Lipinski definition) is 1. The molecule has 10 aromatic rings. The summed E-state index contributed by atoms with van der Waals surface area (Å²) in [6, 6.07) is 74.5. The summed E-state index contributed by atoms with van der Waals surface area (Å²) in [5.74, 6) is 0. The summed E-state index contributed by atoms with van der Waals surface area (Å²) in [5.41, 5.74) is 14.2. The fourth-order valence-corrected chi connectivity index (χ4v) is 7.84.